The van der Waals surface area contributed by atoms with Gasteiger partial charge < -0.3 is 14.2 Å². The van der Waals surface area contributed by atoms with Crippen LogP contribution in [-0.2, 0) is 19.0 Å². The summed E-state index contributed by atoms with van der Waals surface area (Å²) in [7, 11) is 1.47. The zero-order valence-corrected chi connectivity index (χ0v) is 11.2. The van der Waals surface area contributed by atoms with E-state index in [1.165, 1.54) is 13.5 Å². The van der Waals surface area contributed by atoms with Gasteiger partial charge in [-0.05, 0) is 50.9 Å². The van der Waals surface area contributed by atoms with E-state index in [0.29, 0.717) is 5.92 Å². The molecule has 2 rings (SSSR count). The molecule has 1 saturated heterocycles. The van der Waals surface area contributed by atoms with Gasteiger partial charge in [-0.25, -0.2) is 0 Å². The van der Waals surface area contributed by atoms with Gasteiger partial charge in [0.05, 0.1) is 19.6 Å². The number of ether oxygens (including phenoxy) is 3. The van der Waals surface area contributed by atoms with Crippen molar-refractivity contribution in [1.29, 1.82) is 0 Å². The highest BCUT2D eigenvalue weighted by atomic mass is 16.7. The Morgan fingerprint density at radius 1 is 1.17 bits per heavy atom. The summed E-state index contributed by atoms with van der Waals surface area (Å²) in [5.74, 6) is 0.638. The predicted octanol–water partition coefficient (Wildman–Crippen LogP) is 2.51. The standard InChI is InChI=1S/C14H24O4/c1-16-14(15)12-7-5-11(6-8-12)10-18-13-4-2-3-9-17-13/h11-13H,2-10H2,1H3. The highest BCUT2D eigenvalue weighted by Gasteiger charge is 2.27. The number of hydrogen-bond acceptors (Lipinski definition) is 4. The van der Waals surface area contributed by atoms with E-state index >= 15 is 0 Å². The smallest absolute Gasteiger partial charge is 0.308 e. The molecule has 0 spiro atoms. The number of carbonyl (C=O) groups is 1. The molecule has 4 heteroatoms. The lowest BCUT2D eigenvalue weighted by molar-refractivity contribution is -0.171. The monoisotopic (exact) mass is 256 g/mol. The zero-order valence-electron chi connectivity index (χ0n) is 11.2. The normalized spacial score (nSPS) is 33.1. The van der Waals surface area contributed by atoms with Crippen LogP contribution in [0.4, 0.5) is 0 Å². The molecule has 1 aliphatic heterocycles. The van der Waals surface area contributed by atoms with Gasteiger partial charge in [0, 0.05) is 6.61 Å². The summed E-state index contributed by atoms with van der Waals surface area (Å²) in [6.07, 6.45) is 7.40. The Morgan fingerprint density at radius 3 is 2.56 bits per heavy atom. The summed E-state index contributed by atoms with van der Waals surface area (Å²) < 4.78 is 16.1. The van der Waals surface area contributed by atoms with Crippen LogP contribution in [0.25, 0.3) is 0 Å². The van der Waals surface area contributed by atoms with Crippen LogP contribution in [0.2, 0.25) is 0 Å². The van der Waals surface area contributed by atoms with Crippen molar-refractivity contribution in [3.05, 3.63) is 0 Å². The van der Waals surface area contributed by atoms with Crippen LogP contribution in [-0.4, -0.2) is 32.6 Å². The highest BCUT2D eigenvalue weighted by molar-refractivity contribution is 5.72. The van der Waals surface area contributed by atoms with Gasteiger partial charge in [-0.15, -0.1) is 0 Å². The summed E-state index contributed by atoms with van der Waals surface area (Å²) in [6, 6.07) is 0. The molecule has 0 amide bonds. The summed E-state index contributed by atoms with van der Waals surface area (Å²) in [6.45, 7) is 1.61. The van der Waals surface area contributed by atoms with E-state index in [9.17, 15) is 4.79 Å². The first-order chi connectivity index (χ1) is 8.79. The second-order valence-corrected chi connectivity index (χ2v) is 5.37. The summed E-state index contributed by atoms with van der Waals surface area (Å²) in [5, 5.41) is 0. The van der Waals surface area contributed by atoms with E-state index in [2.05, 4.69) is 0 Å². The van der Waals surface area contributed by atoms with Crippen molar-refractivity contribution in [3.8, 4) is 0 Å². The summed E-state index contributed by atoms with van der Waals surface area (Å²) in [5.41, 5.74) is 0. The molecule has 0 aromatic heterocycles. The third kappa shape index (κ3) is 3.95. The minimum Gasteiger partial charge on any atom is -0.469 e. The lowest BCUT2D eigenvalue weighted by atomic mass is 9.82. The average molecular weight is 256 g/mol. The van der Waals surface area contributed by atoms with Gasteiger partial charge in [-0.1, -0.05) is 0 Å². The van der Waals surface area contributed by atoms with Gasteiger partial charge in [0.15, 0.2) is 6.29 Å². The molecule has 0 aromatic rings. The highest BCUT2D eigenvalue weighted by Crippen LogP contribution is 2.30. The maximum atomic E-state index is 11.4. The topological polar surface area (TPSA) is 44.8 Å². The van der Waals surface area contributed by atoms with Crippen LogP contribution in [0.5, 0.6) is 0 Å². The number of rotatable bonds is 4. The van der Waals surface area contributed by atoms with E-state index in [-0.39, 0.29) is 18.2 Å². The summed E-state index contributed by atoms with van der Waals surface area (Å²) >= 11 is 0. The predicted molar refractivity (Wildman–Crippen MR) is 67.0 cm³/mol. The van der Waals surface area contributed by atoms with Crippen molar-refractivity contribution >= 4 is 5.97 Å². The molecule has 0 N–H and O–H groups in total. The maximum Gasteiger partial charge on any atom is 0.308 e. The molecule has 2 fully saturated rings. The molecule has 0 radical (unpaired) electrons. The second-order valence-electron chi connectivity index (χ2n) is 5.37. The van der Waals surface area contributed by atoms with Crippen LogP contribution in [0.1, 0.15) is 44.9 Å². The van der Waals surface area contributed by atoms with E-state index in [1.807, 2.05) is 0 Å². The lowest BCUT2D eigenvalue weighted by Crippen LogP contribution is -2.28. The number of esters is 1. The Hall–Kier alpha value is -0.610. The minimum absolute atomic E-state index is 0.0112. The van der Waals surface area contributed by atoms with Crippen LogP contribution in [0, 0.1) is 11.8 Å². The fourth-order valence-electron chi connectivity index (χ4n) is 2.82. The molecule has 2 aliphatic rings. The lowest BCUT2D eigenvalue weighted by Gasteiger charge is -2.29. The van der Waals surface area contributed by atoms with Crippen LogP contribution in [0.15, 0.2) is 0 Å². The molecule has 1 unspecified atom stereocenters. The van der Waals surface area contributed by atoms with Crippen LogP contribution < -0.4 is 0 Å². The van der Waals surface area contributed by atoms with E-state index < -0.39 is 0 Å². The second kappa shape index (κ2) is 7.10. The first-order valence-electron chi connectivity index (χ1n) is 7.10. The first kappa shape index (κ1) is 13.8. The molecular weight excluding hydrogens is 232 g/mol. The van der Waals surface area contributed by atoms with Crippen molar-refractivity contribution in [1.82, 2.24) is 0 Å². The maximum absolute atomic E-state index is 11.4. The molecule has 1 heterocycles. The molecular formula is C14H24O4. The van der Waals surface area contributed by atoms with E-state index in [4.69, 9.17) is 14.2 Å². The molecule has 1 aliphatic carbocycles. The van der Waals surface area contributed by atoms with E-state index in [0.717, 1.165) is 51.7 Å². The van der Waals surface area contributed by atoms with Gasteiger partial charge in [0.1, 0.15) is 0 Å². The molecule has 18 heavy (non-hydrogen) atoms. The SMILES string of the molecule is COC(=O)C1CCC(COC2CCCCO2)CC1. The van der Waals surface area contributed by atoms with Crippen LogP contribution >= 0.6 is 0 Å². The van der Waals surface area contributed by atoms with Crippen molar-refractivity contribution < 1.29 is 19.0 Å². The van der Waals surface area contributed by atoms with Gasteiger partial charge in [0.25, 0.3) is 0 Å². The zero-order chi connectivity index (χ0) is 12.8. The largest absolute Gasteiger partial charge is 0.469 e. The quantitative estimate of drug-likeness (QED) is 0.725. The molecule has 4 nitrogen and oxygen atoms in total. The number of methoxy groups -OCH3 is 1. The first-order valence-corrected chi connectivity index (χ1v) is 7.10. The van der Waals surface area contributed by atoms with Gasteiger partial charge >= 0.3 is 5.97 Å². The minimum atomic E-state index is -0.0509. The van der Waals surface area contributed by atoms with Crippen molar-refractivity contribution in [3.63, 3.8) is 0 Å². The fraction of sp³-hybridized carbons (Fsp3) is 0.929. The number of hydrogen-bond donors (Lipinski definition) is 0. The Labute approximate surface area is 109 Å². The third-order valence-corrected chi connectivity index (χ3v) is 4.04. The molecule has 0 bridgehead atoms. The van der Waals surface area contributed by atoms with Gasteiger partial charge in [-0.2, -0.15) is 0 Å². The van der Waals surface area contributed by atoms with E-state index in [1.54, 1.807) is 0 Å². The Morgan fingerprint density at radius 2 is 1.94 bits per heavy atom. The van der Waals surface area contributed by atoms with Gasteiger partial charge in [-0.3, -0.25) is 4.79 Å². The number of carbonyl (C=O) groups excluding carboxylic acids is 1. The Kier molecular flexibility index (Phi) is 5.45. The van der Waals surface area contributed by atoms with Crippen molar-refractivity contribution in [2.75, 3.05) is 20.3 Å². The molecule has 1 saturated carbocycles. The molecule has 104 valence electrons. The molecule has 1 atom stereocenters. The third-order valence-electron chi connectivity index (χ3n) is 4.04. The summed E-state index contributed by atoms with van der Waals surface area (Å²) in [4.78, 5) is 11.4. The Balaban J connectivity index is 1.62. The van der Waals surface area contributed by atoms with Crippen molar-refractivity contribution in [2.24, 2.45) is 11.8 Å². The molecule has 0 aromatic carbocycles. The Bertz CT molecular complexity index is 253. The average Bonchev–Trinajstić information content (AvgIpc) is 2.46. The fourth-order valence-corrected chi connectivity index (χ4v) is 2.82. The van der Waals surface area contributed by atoms with Gasteiger partial charge in [0.2, 0.25) is 0 Å². The van der Waals surface area contributed by atoms with Crippen LogP contribution in [0.3, 0.4) is 0 Å². The van der Waals surface area contributed by atoms with Crippen molar-refractivity contribution in [2.45, 2.75) is 51.2 Å².